The van der Waals surface area contributed by atoms with Crippen molar-refractivity contribution in [3.63, 3.8) is 0 Å². The molecule has 0 fully saturated rings. The molecule has 0 aromatic carbocycles. The lowest BCUT2D eigenvalue weighted by Crippen LogP contribution is -2.04. The molecule has 0 spiro atoms. The van der Waals surface area contributed by atoms with E-state index in [9.17, 15) is 4.79 Å². The lowest BCUT2D eigenvalue weighted by atomic mass is 10.1. The lowest BCUT2D eigenvalue weighted by molar-refractivity contribution is 0.0690. The fourth-order valence-electron chi connectivity index (χ4n) is 1.16. The van der Waals surface area contributed by atoms with Crippen LogP contribution in [0.25, 0.3) is 0 Å². The van der Waals surface area contributed by atoms with Gasteiger partial charge in [0.15, 0.2) is 5.69 Å². The first-order chi connectivity index (χ1) is 7.09. The Hall–Kier alpha value is -1.52. The molecule has 0 aliphatic rings. The Kier molecular flexibility index (Phi) is 4.15. The molecule has 0 saturated carbocycles. The summed E-state index contributed by atoms with van der Waals surface area (Å²) in [5, 5.41) is 11.5. The van der Waals surface area contributed by atoms with Crippen molar-refractivity contribution in [3.8, 4) is 0 Å². The molecule has 0 bridgehead atoms. The topological polar surface area (TPSA) is 75.4 Å². The first-order valence-electron chi connectivity index (χ1n) is 5.02. The van der Waals surface area contributed by atoms with Crippen molar-refractivity contribution in [1.29, 1.82) is 0 Å². The summed E-state index contributed by atoms with van der Waals surface area (Å²) in [5.41, 5.74) is -0.0682. The Bertz CT molecular complexity index is 320. The number of anilines is 1. The molecule has 0 saturated heterocycles. The van der Waals surface area contributed by atoms with Crippen molar-refractivity contribution in [2.75, 3.05) is 11.9 Å². The van der Waals surface area contributed by atoms with Crippen LogP contribution in [-0.4, -0.2) is 22.6 Å². The number of nitrogens with one attached hydrogen (secondary N) is 1. The lowest BCUT2D eigenvalue weighted by Gasteiger charge is -2.03. The summed E-state index contributed by atoms with van der Waals surface area (Å²) in [6.45, 7) is 5.07. The Morgan fingerprint density at radius 2 is 2.40 bits per heavy atom. The Morgan fingerprint density at radius 1 is 1.67 bits per heavy atom. The van der Waals surface area contributed by atoms with Crippen molar-refractivity contribution >= 4 is 12.0 Å². The molecule has 15 heavy (non-hydrogen) atoms. The highest BCUT2D eigenvalue weighted by Crippen LogP contribution is 2.08. The average molecular weight is 212 g/mol. The van der Waals surface area contributed by atoms with Gasteiger partial charge in [-0.25, -0.2) is 4.79 Å². The van der Waals surface area contributed by atoms with Crippen LogP contribution >= 0.6 is 0 Å². The Balaban J connectivity index is 2.29. The van der Waals surface area contributed by atoms with Crippen molar-refractivity contribution < 1.29 is 14.3 Å². The van der Waals surface area contributed by atoms with Gasteiger partial charge in [0.25, 0.3) is 6.01 Å². The first kappa shape index (κ1) is 11.6. The van der Waals surface area contributed by atoms with Crippen molar-refractivity contribution in [3.05, 3.63) is 12.0 Å². The molecule has 0 radical (unpaired) electrons. The molecule has 5 heteroatoms. The minimum absolute atomic E-state index is 0.0682. The molecule has 1 rings (SSSR count). The van der Waals surface area contributed by atoms with Crippen LogP contribution in [0.3, 0.4) is 0 Å². The van der Waals surface area contributed by atoms with E-state index in [0.29, 0.717) is 5.92 Å². The molecule has 1 heterocycles. The zero-order valence-corrected chi connectivity index (χ0v) is 8.99. The van der Waals surface area contributed by atoms with Crippen LogP contribution in [-0.2, 0) is 0 Å². The van der Waals surface area contributed by atoms with Gasteiger partial charge in [-0.05, 0) is 18.8 Å². The van der Waals surface area contributed by atoms with Crippen molar-refractivity contribution in [1.82, 2.24) is 4.98 Å². The van der Waals surface area contributed by atoms with E-state index in [0.717, 1.165) is 25.6 Å². The normalized spacial score (nSPS) is 10.6. The molecule has 2 N–H and O–H groups in total. The zero-order valence-electron chi connectivity index (χ0n) is 8.99. The van der Waals surface area contributed by atoms with E-state index in [4.69, 9.17) is 9.52 Å². The number of carboxylic acid groups (broad SMARTS) is 1. The maximum atomic E-state index is 10.5. The molecule has 84 valence electrons. The Labute approximate surface area is 88.5 Å². The maximum absolute atomic E-state index is 10.5. The molecule has 0 amide bonds. The highest BCUT2D eigenvalue weighted by molar-refractivity contribution is 5.85. The number of aromatic nitrogens is 1. The van der Waals surface area contributed by atoms with E-state index >= 15 is 0 Å². The standard InChI is InChI=1S/C10H16N2O3/c1-7(2)4-3-5-11-10-12-8(6-15-10)9(13)14/h6-7H,3-5H2,1-2H3,(H,11,12)(H,13,14). The van der Waals surface area contributed by atoms with Gasteiger partial charge < -0.3 is 14.8 Å². The van der Waals surface area contributed by atoms with Gasteiger partial charge in [-0.15, -0.1) is 0 Å². The number of oxazole rings is 1. The van der Waals surface area contributed by atoms with Crippen LogP contribution in [0.2, 0.25) is 0 Å². The minimum atomic E-state index is -1.08. The van der Waals surface area contributed by atoms with E-state index in [1.165, 1.54) is 0 Å². The molecule has 1 aromatic heterocycles. The highest BCUT2D eigenvalue weighted by atomic mass is 16.4. The van der Waals surface area contributed by atoms with Gasteiger partial charge in [-0.3, -0.25) is 0 Å². The van der Waals surface area contributed by atoms with Gasteiger partial charge in [0.1, 0.15) is 6.26 Å². The highest BCUT2D eigenvalue weighted by Gasteiger charge is 2.09. The van der Waals surface area contributed by atoms with Crippen LogP contribution < -0.4 is 5.32 Å². The molecular formula is C10H16N2O3. The number of carboxylic acids is 1. The Morgan fingerprint density at radius 3 is 2.93 bits per heavy atom. The van der Waals surface area contributed by atoms with E-state index < -0.39 is 5.97 Å². The predicted molar refractivity (Wildman–Crippen MR) is 56.0 cm³/mol. The third-order valence-corrected chi connectivity index (χ3v) is 1.96. The van der Waals surface area contributed by atoms with Gasteiger partial charge in [0, 0.05) is 6.54 Å². The summed E-state index contributed by atoms with van der Waals surface area (Å²) >= 11 is 0. The number of hydrogen-bond acceptors (Lipinski definition) is 4. The molecular weight excluding hydrogens is 196 g/mol. The van der Waals surface area contributed by atoms with Crippen molar-refractivity contribution in [2.45, 2.75) is 26.7 Å². The molecule has 0 aliphatic carbocycles. The summed E-state index contributed by atoms with van der Waals surface area (Å²) < 4.78 is 4.93. The number of rotatable bonds is 6. The number of aromatic carboxylic acids is 1. The number of hydrogen-bond donors (Lipinski definition) is 2. The third-order valence-electron chi connectivity index (χ3n) is 1.96. The van der Waals surface area contributed by atoms with Gasteiger partial charge in [-0.1, -0.05) is 13.8 Å². The van der Waals surface area contributed by atoms with Crippen molar-refractivity contribution in [2.24, 2.45) is 5.92 Å². The zero-order chi connectivity index (χ0) is 11.3. The summed E-state index contributed by atoms with van der Waals surface area (Å²) in [6, 6.07) is 0.274. The maximum Gasteiger partial charge on any atom is 0.357 e. The van der Waals surface area contributed by atoms with E-state index in [1.54, 1.807) is 0 Å². The molecule has 0 aliphatic heterocycles. The van der Waals surface area contributed by atoms with Gasteiger partial charge in [-0.2, -0.15) is 4.98 Å². The predicted octanol–water partition coefficient (Wildman–Crippen LogP) is 2.22. The average Bonchev–Trinajstić information content (AvgIpc) is 2.60. The largest absolute Gasteiger partial charge is 0.476 e. The second-order valence-electron chi connectivity index (χ2n) is 3.81. The van der Waals surface area contributed by atoms with Crippen LogP contribution in [0.5, 0.6) is 0 Å². The second-order valence-corrected chi connectivity index (χ2v) is 3.81. The second kappa shape index (κ2) is 5.38. The molecule has 5 nitrogen and oxygen atoms in total. The van der Waals surface area contributed by atoms with Crippen LogP contribution in [0.4, 0.5) is 6.01 Å². The molecule has 1 aromatic rings. The summed E-state index contributed by atoms with van der Waals surface area (Å²) in [5.74, 6) is -0.403. The molecule has 0 unspecified atom stereocenters. The van der Waals surface area contributed by atoms with Crippen LogP contribution in [0.1, 0.15) is 37.2 Å². The van der Waals surface area contributed by atoms with Crippen LogP contribution in [0, 0.1) is 5.92 Å². The SMILES string of the molecule is CC(C)CCCNc1nc(C(=O)O)co1. The van der Waals surface area contributed by atoms with E-state index in [2.05, 4.69) is 24.1 Å². The fraction of sp³-hybridized carbons (Fsp3) is 0.600. The summed E-state index contributed by atoms with van der Waals surface area (Å²) in [4.78, 5) is 14.2. The fourth-order valence-corrected chi connectivity index (χ4v) is 1.16. The number of carbonyl (C=O) groups is 1. The van der Waals surface area contributed by atoms with Gasteiger partial charge >= 0.3 is 5.97 Å². The number of nitrogens with zero attached hydrogens (tertiary/aromatic N) is 1. The first-order valence-corrected chi connectivity index (χ1v) is 5.02. The minimum Gasteiger partial charge on any atom is -0.476 e. The quantitative estimate of drug-likeness (QED) is 0.707. The molecule has 0 atom stereocenters. The smallest absolute Gasteiger partial charge is 0.357 e. The van der Waals surface area contributed by atoms with Crippen LogP contribution in [0.15, 0.2) is 10.7 Å². The van der Waals surface area contributed by atoms with E-state index in [1.807, 2.05) is 0 Å². The third kappa shape index (κ3) is 4.01. The summed E-state index contributed by atoms with van der Waals surface area (Å²) in [7, 11) is 0. The summed E-state index contributed by atoms with van der Waals surface area (Å²) in [6.07, 6.45) is 3.27. The van der Waals surface area contributed by atoms with Gasteiger partial charge in [0.05, 0.1) is 0 Å². The van der Waals surface area contributed by atoms with E-state index in [-0.39, 0.29) is 11.7 Å². The monoisotopic (exact) mass is 212 g/mol. The van der Waals surface area contributed by atoms with Gasteiger partial charge in [0.2, 0.25) is 0 Å².